The van der Waals surface area contributed by atoms with Crippen molar-refractivity contribution in [2.24, 2.45) is 0 Å². The molecule has 0 aliphatic carbocycles. The van der Waals surface area contributed by atoms with Gasteiger partial charge in [-0.05, 0) is 30.5 Å². The van der Waals surface area contributed by atoms with Gasteiger partial charge in [0.1, 0.15) is 28.6 Å². The van der Waals surface area contributed by atoms with Crippen LogP contribution in [-0.4, -0.2) is 0 Å². The van der Waals surface area contributed by atoms with E-state index in [1.54, 1.807) is 0 Å². The molecule has 0 saturated heterocycles. The summed E-state index contributed by atoms with van der Waals surface area (Å²) in [6.07, 6.45) is 4.96. The van der Waals surface area contributed by atoms with Crippen LogP contribution in [0.1, 0.15) is 38.3 Å². The summed E-state index contributed by atoms with van der Waals surface area (Å²) in [4.78, 5) is 0. The van der Waals surface area contributed by atoms with E-state index in [-0.39, 0.29) is 5.41 Å². The summed E-state index contributed by atoms with van der Waals surface area (Å²) in [5, 5.41) is 0. The molecule has 146 valence electrons. The van der Waals surface area contributed by atoms with Crippen molar-refractivity contribution in [3.05, 3.63) is 86.0 Å². The molecular weight excluding hydrogens is 352 g/mol. The molecule has 28 heavy (non-hydrogen) atoms. The van der Waals surface area contributed by atoms with Crippen LogP contribution in [0.15, 0.2) is 74.9 Å². The molecule has 1 heterocycles. The van der Waals surface area contributed by atoms with E-state index in [4.69, 9.17) is 18.9 Å². The van der Waals surface area contributed by atoms with E-state index in [0.717, 1.165) is 23.3 Å². The average molecular weight is 378 g/mol. The summed E-state index contributed by atoms with van der Waals surface area (Å²) in [6, 6.07) is 11.5. The largest absolute Gasteiger partial charge is 0.482 e. The molecule has 0 N–H and O–H groups in total. The van der Waals surface area contributed by atoms with Crippen molar-refractivity contribution in [3.8, 4) is 23.0 Å². The van der Waals surface area contributed by atoms with Crippen LogP contribution in [0.25, 0.3) is 0 Å². The van der Waals surface area contributed by atoms with Gasteiger partial charge < -0.3 is 18.9 Å². The fourth-order valence-electron chi connectivity index (χ4n) is 3.98. The molecule has 1 aliphatic heterocycles. The standard InChI is InChI=1S/C24H26O4/c1-7-25-17-11-13-20(21(14-17)27-9-3)24(6)16-23(4,5)19-12-10-18(26-8-2)15-22(19)28-24/h7-15H,1-3,16H2,4-6H3. The maximum Gasteiger partial charge on any atom is 0.137 e. The van der Waals surface area contributed by atoms with E-state index in [9.17, 15) is 0 Å². The predicted molar refractivity (Wildman–Crippen MR) is 111 cm³/mol. The van der Waals surface area contributed by atoms with Crippen molar-refractivity contribution in [1.82, 2.24) is 0 Å². The van der Waals surface area contributed by atoms with Crippen molar-refractivity contribution < 1.29 is 18.9 Å². The number of hydrogen-bond donors (Lipinski definition) is 0. The summed E-state index contributed by atoms with van der Waals surface area (Å²) in [5.41, 5.74) is 1.32. The number of fused-ring (bicyclic) bond motifs is 1. The molecule has 1 atom stereocenters. The Balaban J connectivity index is 2.09. The molecule has 3 rings (SSSR count). The van der Waals surface area contributed by atoms with Gasteiger partial charge in [-0.1, -0.05) is 39.7 Å². The Morgan fingerprint density at radius 1 is 0.821 bits per heavy atom. The summed E-state index contributed by atoms with van der Waals surface area (Å²) in [7, 11) is 0. The molecule has 1 unspecified atom stereocenters. The van der Waals surface area contributed by atoms with Gasteiger partial charge in [0.25, 0.3) is 0 Å². The lowest BCUT2D eigenvalue weighted by atomic mass is 9.71. The molecule has 0 fully saturated rings. The zero-order chi connectivity index (χ0) is 20.4. The quantitative estimate of drug-likeness (QED) is 0.535. The maximum atomic E-state index is 6.53. The normalized spacial score (nSPS) is 19.5. The first-order valence-corrected chi connectivity index (χ1v) is 9.14. The third-order valence-electron chi connectivity index (χ3n) is 4.97. The van der Waals surface area contributed by atoms with Crippen molar-refractivity contribution >= 4 is 0 Å². The first-order chi connectivity index (χ1) is 13.3. The van der Waals surface area contributed by atoms with Crippen LogP contribution in [0.4, 0.5) is 0 Å². The van der Waals surface area contributed by atoms with Gasteiger partial charge >= 0.3 is 0 Å². The van der Waals surface area contributed by atoms with Gasteiger partial charge in [-0.25, -0.2) is 0 Å². The summed E-state index contributed by atoms with van der Waals surface area (Å²) in [5.74, 6) is 2.74. The van der Waals surface area contributed by atoms with Crippen LogP contribution in [-0.2, 0) is 11.0 Å². The first kappa shape index (κ1) is 19.6. The Bertz CT molecular complexity index is 913. The maximum absolute atomic E-state index is 6.53. The zero-order valence-corrected chi connectivity index (χ0v) is 16.7. The Morgan fingerprint density at radius 2 is 1.39 bits per heavy atom. The molecule has 0 bridgehead atoms. The van der Waals surface area contributed by atoms with E-state index in [2.05, 4.69) is 46.6 Å². The molecule has 4 heteroatoms. The minimum Gasteiger partial charge on any atom is -0.482 e. The van der Waals surface area contributed by atoms with Crippen LogP contribution in [0.3, 0.4) is 0 Å². The first-order valence-electron chi connectivity index (χ1n) is 9.14. The van der Waals surface area contributed by atoms with Crippen LogP contribution >= 0.6 is 0 Å². The molecule has 2 aromatic rings. The monoisotopic (exact) mass is 378 g/mol. The molecule has 2 aromatic carbocycles. The van der Waals surface area contributed by atoms with Crippen LogP contribution in [0, 0.1) is 0 Å². The fraction of sp³-hybridized carbons (Fsp3) is 0.250. The van der Waals surface area contributed by atoms with E-state index >= 15 is 0 Å². The number of rotatable bonds is 7. The highest BCUT2D eigenvalue weighted by molar-refractivity contribution is 5.51. The van der Waals surface area contributed by atoms with Crippen LogP contribution in [0.2, 0.25) is 0 Å². The lowest BCUT2D eigenvalue weighted by Crippen LogP contribution is -2.41. The second-order valence-corrected chi connectivity index (χ2v) is 7.56. The van der Waals surface area contributed by atoms with Gasteiger partial charge in [-0.15, -0.1) is 0 Å². The van der Waals surface area contributed by atoms with Crippen molar-refractivity contribution in [3.63, 3.8) is 0 Å². The van der Waals surface area contributed by atoms with E-state index in [1.165, 1.54) is 18.8 Å². The lowest BCUT2D eigenvalue weighted by Gasteiger charge is -2.44. The third-order valence-corrected chi connectivity index (χ3v) is 4.97. The van der Waals surface area contributed by atoms with Gasteiger partial charge in [0.15, 0.2) is 0 Å². The Kier molecular flexibility index (Phi) is 5.23. The molecule has 1 aliphatic rings. The minimum absolute atomic E-state index is 0.114. The average Bonchev–Trinajstić information content (AvgIpc) is 2.61. The Labute approximate surface area is 166 Å². The smallest absolute Gasteiger partial charge is 0.137 e. The second-order valence-electron chi connectivity index (χ2n) is 7.56. The Morgan fingerprint density at radius 3 is 2.00 bits per heavy atom. The molecule has 0 amide bonds. The molecular formula is C24H26O4. The highest BCUT2D eigenvalue weighted by Gasteiger charge is 2.44. The SMILES string of the molecule is C=COc1ccc2c(c1)OC(C)(c1ccc(OC=C)cc1OC=C)CC2(C)C. The molecule has 0 saturated carbocycles. The fourth-order valence-corrected chi connectivity index (χ4v) is 3.98. The van der Waals surface area contributed by atoms with Gasteiger partial charge in [0, 0.05) is 29.7 Å². The van der Waals surface area contributed by atoms with Crippen LogP contribution < -0.4 is 18.9 Å². The lowest BCUT2D eigenvalue weighted by molar-refractivity contribution is 0.0305. The van der Waals surface area contributed by atoms with Crippen LogP contribution in [0.5, 0.6) is 23.0 Å². The number of ether oxygens (including phenoxy) is 4. The van der Waals surface area contributed by atoms with Crippen molar-refractivity contribution in [2.45, 2.75) is 38.2 Å². The summed E-state index contributed by atoms with van der Waals surface area (Å²) >= 11 is 0. The van der Waals surface area contributed by atoms with E-state index in [1.807, 2.05) is 30.3 Å². The topological polar surface area (TPSA) is 36.9 Å². The van der Waals surface area contributed by atoms with E-state index in [0.29, 0.717) is 17.2 Å². The Hall–Kier alpha value is -3.14. The van der Waals surface area contributed by atoms with Gasteiger partial charge in [-0.2, -0.15) is 0 Å². The summed E-state index contributed by atoms with van der Waals surface area (Å²) < 4.78 is 23.0. The number of hydrogen-bond acceptors (Lipinski definition) is 4. The van der Waals surface area contributed by atoms with Gasteiger partial charge in [0.2, 0.25) is 0 Å². The minimum atomic E-state index is -0.617. The second kappa shape index (κ2) is 7.47. The van der Waals surface area contributed by atoms with E-state index < -0.39 is 5.60 Å². The van der Waals surface area contributed by atoms with Crippen molar-refractivity contribution in [1.29, 1.82) is 0 Å². The van der Waals surface area contributed by atoms with Gasteiger partial charge in [-0.3, -0.25) is 0 Å². The predicted octanol–water partition coefficient (Wildman–Crippen LogP) is 6.23. The summed E-state index contributed by atoms with van der Waals surface area (Å²) in [6.45, 7) is 17.4. The zero-order valence-electron chi connectivity index (χ0n) is 16.7. The highest BCUT2D eigenvalue weighted by Crippen LogP contribution is 2.51. The number of benzene rings is 2. The third kappa shape index (κ3) is 3.63. The molecule has 0 radical (unpaired) electrons. The van der Waals surface area contributed by atoms with Crippen molar-refractivity contribution in [2.75, 3.05) is 0 Å². The highest BCUT2D eigenvalue weighted by atomic mass is 16.5. The molecule has 0 spiro atoms. The molecule has 0 aromatic heterocycles. The van der Waals surface area contributed by atoms with Gasteiger partial charge in [0.05, 0.1) is 18.8 Å². The molecule has 4 nitrogen and oxygen atoms in total.